The molecule has 0 saturated heterocycles. The van der Waals surface area contributed by atoms with Crippen LogP contribution in [0.4, 0.5) is 4.79 Å². The van der Waals surface area contributed by atoms with Gasteiger partial charge in [0, 0.05) is 24.5 Å². The number of rotatable bonds is 8. The molecule has 0 radical (unpaired) electrons. The van der Waals surface area contributed by atoms with Gasteiger partial charge in [-0.25, -0.2) is 4.79 Å². The van der Waals surface area contributed by atoms with Gasteiger partial charge in [0.05, 0.1) is 0 Å². The van der Waals surface area contributed by atoms with Crippen molar-refractivity contribution >= 4 is 11.9 Å². The highest BCUT2D eigenvalue weighted by Gasteiger charge is 2.51. The third-order valence-electron chi connectivity index (χ3n) is 6.64. The van der Waals surface area contributed by atoms with E-state index in [9.17, 15) is 9.59 Å². The normalized spacial score (nSPS) is 33.2. The standard InChI is InChI=1S/C21H37N3O2/c1-14(2)4-5-15(3)23-19(25)6-7-22-20(26)24-21-11-16-8-17(12-21)10-18(9-16)13-21/h14-18H,4-13H2,1-3H3,(H,23,25)(H2,22,24,26). The monoisotopic (exact) mass is 363 g/mol. The van der Waals surface area contributed by atoms with Crippen LogP contribution in [0, 0.1) is 23.7 Å². The molecule has 0 aliphatic heterocycles. The molecular formula is C21H37N3O2. The third kappa shape index (κ3) is 5.14. The second-order valence-electron chi connectivity index (χ2n) is 9.77. The van der Waals surface area contributed by atoms with Gasteiger partial charge in [0.15, 0.2) is 0 Å². The minimum absolute atomic E-state index is 0.0244. The first-order chi connectivity index (χ1) is 12.3. The molecule has 4 aliphatic carbocycles. The van der Waals surface area contributed by atoms with Gasteiger partial charge in [0.25, 0.3) is 0 Å². The van der Waals surface area contributed by atoms with Gasteiger partial charge >= 0.3 is 6.03 Å². The van der Waals surface area contributed by atoms with Gasteiger partial charge in [-0.2, -0.15) is 0 Å². The van der Waals surface area contributed by atoms with Crippen molar-refractivity contribution in [2.75, 3.05) is 6.54 Å². The van der Waals surface area contributed by atoms with E-state index in [1.807, 2.05) is 6.92 Å². The zero-order chi connectivity index (χ0) is 18.7. The van der Waals surface area contributed by atoms with E-state index in [1.165, 1.54) is 19.3 Å². The summed E-state index contributed by atoms with van der Waals surface area (Å²) in [5, 5.41) is 9.22. The van der Waals surface area contributed by atoms with E-state index in [0.717, 1.165) is 49.9 Å². The van der Waals surface area contributed by atoms with Crippen molar-refractivity contribution in [3.8, 4) is 0 Å². The molecule has 4 rings (SSSR count). The summed E-state index contributed by atoms with van der Waals surface area (Å²) >= 11 is 0. The number of hydrogen-bond acceptors (Lipinski definition) is 2. The van der Waals surface area contributed by atoms with Crippen LogP contribution in [0.1, 0.15) is 78.6 Å². The van der Waals surface area contributed by atoms with Gasteiger partial charge in [-0.3, -0.25) is 4.79 Å². The van der Waals surface area contributed by atoms with Crippen LogP contribution in [0.5, 0.6) is 0 Å². The minimum atomic E-state index is -0.0902. The summed E-state index contributed by atoms with van der Waals surface area (Å²) in [5.74, 6) is 3.14. The number of carbonyl (C=O) groups excluding carboxylic acids is 2. The van der Waals surface area contributed by atoms with E-state index < -0.39 is 0 Å². The summed E-state index contributed by atoms with van der Waals surface area (Å²) in [7, 11) is 0. The highest BCUT2D eigenvalue weighted by molar-refractivity contribution is 5.78. The molecule has 4 bridgehead atoms. The van der Waals surface area contributed by atoms with Crippen molar-refractivity contribution in [1.82, 2.24) is 16.0 Å². The van der Waals surface area contributed by atoms with Crippen LogP contribution < -0.4 is 16.0 Å². The Balaban J connectivity index is 1.34. The topological polar surface area (TPSA) is 70.2 Å². The first kappa shape index (κ1) is 19.5. The minimum Gasteiger partial charge on any atom is -0.354 e. The van der Waals surface area contributed by atoms with Crippen molar-refractivity contribution in [2.45, 2.75) is 90.1 Å². The SMILES string of the molecule is CC(C)CCC(C)NC(=O)CCNC(=O)NC12CC3CC(CC(C3)C1)C2. The van der Waals surface area contributed by atoms with E-state index >= 15 is 0 Å². The van der Waals surface area contributed by atoms with Crippen LogP contribution in [0.15, 0.2) is 0 Å². The van der Waals surface area contributed by atoms with Crippen molar-refractivity contribution in [1.29, 1.82) is 0 Å². The quantitative estimate of drug-likeness (QED) is 0.617. The lowest BCUT2D eigenvalue weighted by molar-refractivity contribution is -0.121. The Morgan fingerprint density at radius 2 is 1.54 bits per heavy atom. The highest BCUT2D eigenvalue weighted by Crippen LogP contribution is 2.55. The summed E-state index contributed by atoms with van der Waals surface area (Å²) in [6.07, 6.45) is 10.0. The summed E-state index contributed by atoms with van der Waals surface area (Å²) < 4.78 is 0. The molecule has 4 fully saturated rings. The first-order valence-electron chi connectivity index (χ1n) is 10.7. The maximum Gasteiger partial charge on any atom is 0.315 e. The predicted molar refractivity (Wildman–Crippen MR) is 104 cm³/mol. The molecule has 26 heavy (non-hydrogen) atoms. The average molecular weight is 364 g/mol. The lowest BCUT2D eigenvalue weighted by Gasteiger charge is -2.56. The maximum atomic E-state index is 12.4. The zero-order valence-electron chi connectivity index (χ0n) is 16.8. The molecule has 1 atom stereocenters. The fourth-order valence-corrected chi connectivity index (χ4v) is 5.84. The van der Waals surface area contributed by atoms with Gasteiger partial charge in [0.2, 0.25) is 5.91 Å². The Morgan fingerprint density at radius 1 is 0.962 bits per heavy atom. The number of carbonyl (C=O) groups is 2. The number of amides is 3. The number of nitrogens with one attached hydrogen (secondary N) is 3. The predicted octanol–water partition coefficient (Wildman–Crippen LogP) is 3.59. The molecule has 3 amide bonds. The summed E-state index contributed by atoms with van der Waals surface area (Å²) in [6, 6.07) is 0.110. The Bertz CT molecular complexity index is 482. The number of urea groups is 1. The summed E-state index contributed by atoms with van der Waals surface area (Å²) in [5.41, 5.74) is 0.0342. The third-order valence-corrected chi connectivity index (χ3v) is 6.64. The van der Waals surface area contributed by atoms with Crippen LogP contribution in [-0.2, 0) is 4.79 Å². The highest BCUT2D eigenvalue weighted by atomic mass is 16.2. The van der Waals surface area contributed by atoms with Crippen LogP contribution in [0.25, 0.3) is 0 Å². The molecule has 4 saturated carbocycles. The second kappa shape index (κ2) is 8.18. The average Bonchev–Trinajstić information content (AvgIpc) is 2.51. The molecule has 0 aromatic carbocycles. The lowest BCUT2D eigenvalue weighted by atomic mass is 9.53. The Labute approximate surface area is 158 Å². The van der Waals surface area contributed by atoms with Gasteiger partial charge in [-0.15, -0.1) is 0 Å². The van der Waals surface area contributed by atoms with Crippen molar-refractivity contribution in [3.05, 3.63) is 0 Å². The van der Waals surface area contributed by atoms with E-state index in [2.05, 4.69) is 29.8 Å². The lowest BCUT2D eigenvalue weighted by Crippen LogP contribution is -2.61. The van der Waals surface area contributed by atoms with E-state index in [1.54, 1.807) is 0 Å². The maximum absolute atomic E-state index is 12.4. The molecule has 1 unspecified atom stereocenters. The summed E-state index contributed by atoms with van der Waals surface area (Å²) in [6.45, 7) is 6.84. The molecule has 0 spiro atoms. The molecule has 3 N–H and O–H groups in total. The van der Waals surface area contributed by atoms with Crippen LogP contribution in [-0.4, -0.2) is 30.1 Å². The first-order valence-corrected chi connectivity index (χ1v) is 10.7. The number of hydrogen-bond donors (Lipinski definition) is 3. The van der Waals surface area contributed by atoms with Crippen molar-refractivity contribution in [2.24, 2.45) is 23.7 Å². The molecule has 0 aromatic heterocycles. The molecule has 148 valence electrons. The van der Waals surface area contributed by atoms with E-state index in [-0.39, 0.29) is 23.5 Å². The zero-order valence-corrected chi connectivity index (χ0v) is 16.8. The second-order valence-corrected chi connectivity index (χ2v) is 9.77. The Kier molecular flexibility index (Phi) is 6.13. The smallest absolute Gasteiger partial charge is 0.315 e. The molecule has 4 aliphatic rings. The van der Waals surface area contributed by atoms with Gasteiger partial charge in [-0.1, -0.05) is 13.8 Å². The van der Waals surface area contributed by atoms with Gasteiger partial charge in [-0.05, 0) is 82.0 Å². The van der Waals surface area contributed by atoms with Crippen molar-refractivity contribution < 1.29 is 9.59 Å². The Morgan fingerprint density at radius 3 is 2.08 bits per heavy atom. The van der Waals surface area contributed by atoms with Gasteiger partial charge in [0.1, 0.15) is 0 Å². The van der Waals surface area contributed by atoms with Crippen LogP contribution in [0.3, 0.4) is 0 Å². The fraction of sp³-hybridized carbons (Fsp3) is 0.905. The largest absolute Gasteiger partial charge is 0.354 e. The van der Waals surface area contributed by atoms with Gasteiger partial charge < -0.3 is 16.0 Å². The molecule has 0 heterocycles. The molecule has 0 aromatic rings. The van der Waals surface area contributed by atoms with E-state index in [4.69, 9.17) is 0 Å². The van der Waals surface area contributed by atoms with Crippen LogP contribution >= 0.6 is 0 Å². The molecule has 5 nitrogen and oxygen atoms in total. The van der Waals surface area contributed by atoms with E-state index in [0.29, 0.717) is 18.9 Å². The Hall–Kier alpha value is -1.26. The fourth-order valence-electron chi connectivity index (χ4n) is 5.84. The molecular weight excluding hydrogens is 326 g/mol. The van der Waals surface area contributed by atoms with Crippen molar-refractivity contribution in [3.63, 3.8) is 0 Å². The van der Waals surface area contributed by atoms with Crippen LogP contribution in [0.2, 0.25) is 0 Å². The molecule has 5 heteroatoms. The summed E-state index contributed by atoms with van der Waals surface area (Å²) in [4.78, 5) is 24.4.